The summed E-state index contributed by atoms with van der Waals surface area (Å²) in [5.41, 5.74) is 0.244. The maximum absolute atomic E-state index is 12.4. The molecule has 5 nitrogen and oxygen atoms in total. The van der Waals surface area contributed by atoms with Gasteiger partial charge in [0.15, 0.2) is 9.84 Å². The molecule has 0 bridgehead atoms. The Morgan fingerprint density at radius 1 is 1.15 bits per heavy atom. The van der Waals surface area contributed by atoms with Crippen LogP contribution >= 0.6 is 0 Å². The van der Waals surface area contributed by atoms with Gasteiger partial charge in [0.05, 0.1) is 16.2 Å². The van der Waals surface area contributed by atoms with E-state index in [2.05, 4.69) is 24.1 Å². The van der Waals surface area contributed by atoms with Crippen molar-refractivity contribution in [3.63, 3.8) is 0 Å². The fraction of sp³-hybridized carbons (Fsp3) is 0.650. The summed E-state index contributed by atoms with van der Waals surface area (Å²) in [6.45, 7) is 10.2. The summed E-state index contributed by atoms with van der Waals surface area (Å²) in [6, 6.07) is 6.43. The molecular formula is C20H32N2O3S. The van der Waals surface area contributed by atoms with Crippen LogP contribution in [0.15, 0.2) is 29.2 Å². The molecule has 1 N–H and O–H groups in total. The monoisotopic (exact) mass is 380 g/mol. The maximum atomic E-state index is 12.4. The Bertz CT molecular complexity index is 693. The maximum Gasteiger partial charge on any atom is 0.252 e. The Balaban J connectivity index is 1.79. The molecule has 0 spiro atoms. The highest BCUT2D eigenvalue weighted by Gasteiger charge is 2.22. The summed E-state index contributed by atoms with van der Waals surface area (Å²) in [5, 5.41) is 2.87. The predicted molar refractivity (Wildman–Crippen MR) is 105 cm³/mol. The third kappa shape index (κ3) is 5.81. The van der Waals surface area contributed by atoms with Gasteiger partial charge in [-0.25, -0.2) is 8.42 Å². The van der Waals surface area contributed by atoms with Crippen molar-refractivity contribution < 1.29 is 13.2 Å². The fourth-order valence-corrected chi connectivity index (χ4v) is 4.91. The number of likely N-dealkylation sites (tertiary alicyclic amines) is 1. The second-order valence-electron chi connectivity index (χ2n) is 7.57. The first-order valence-electron chi connectivity index (χ1n) is 9.65. The topological polar surface area (TPSA) is 66.5 Å². The molecule has 6 heteroatoms. The lowest BCUT2D eigenvalue weighted by Gasteiger charge is -2.34. The minimum atomic E-state index is -3.40. The molecule has 1 heterocycles. The molecule has 0 aliphatic carbocycles. The van der Waals surface area contributed by atoms with Gasteiger partial charge in [-0.3, -0.25) is 4.79 Å². The highest BCUT2D eigenvalue weighted by Crippen LogP contribution is 2.21. The van der Waals surface area contributed by atoms with Crippen molar-refractivity contribution in [3.05, 3.63) is 29.8 Å². The van der Waals surface area contributed by atoms with Gasteiger partial charge in [-0.05, 0) is 49.8 Å². The number of hydrogen-bond acceptors (Lipinski definition) is 4. The number of rotatable bonds is 8. The zero-order chi connectivity index (χ0) is 19.2. The van der Waals surface area contributed by atoms with Crippen LogP contribution in [0.2, 0.25) is 0 Å². The van der Waals surface area contributed by atoms with Crippen LogP contribution in [0.5, 0.6) is 0 Å². The Kier molecular flexibility index (Phi) is 7.65. The van der Waals surface area contributed by atoms with E-state index in [0.29, 0.717) is 6.54 Å². The Hall–Kier alpha value is -1.40. The third-order valence-corrected chi connectivity index (χ3v) is 6.76. The molecule has 26 heavy (non-hydrogen) atoms. The second-order valence-corrected chi connectivity index (χ2v) is 9.81. The molecule has 0 saturated carbocycles. The Labute approximate surface area is 158 Å². The van der Waals surface area contributed by atoms with Gasteiger partial charge in [0.25, 0.3) is 5.91 Å². The number of unbranched alkanes of at least 4 members (excludes halogenated alkanes) is 1. The van der Waals surface area contributed by atoms with E-state index in [1.807, 2.05) is 0 Å². The van der Waals surface area contributed by atoms with E-state index in [9.17, 15) is 13.2 Å². The van der Waals surface area contributed by atoms with E-state index < -0.39 is 9.84 Å². The molecule has 2 rings (SSSR count). The van der Waals surface area contributed by atoms with Gasteiger partial charge in [0.2, 0.25) is 0 Å². The van der Waals surface area contributed by atoms with Gasteiger partial charge in [-0.2, -0.15) is 0 Å². The lowest BCUT2D eigenvalue weighted by molar-refractivity contribution is 0.0948. The van der Waals surface area contributed by atoms with Crippen LogP contribution in [0.25, 0.3) is 0 Å². The number of nitrogens with one attached hydrogen (secondary N) is 1. The average Bonchev–Trinajstić information content (AvgIpc) is 2.60. The standard InChI is InChI=1S/C20H32N2O3S/c1-4-26(24,25)19-10-6-5-9-18(19)20(23)21-11-7-8-12-22-14-16(2)13-17(3)15-22/h5-6,9-10,16-17H,4,7-8,11-15H2,1-3H3,(H,21,23)/t16-,17-/m0/s1. The van der Waals surface area contributed by atoms with Crippen molar-refractivity contribution in [2.45, 2.75) is 44.9 Å². The normalized spacial score (nSPS) is 21.5. The van der Waals surface area contributed by atoms with Gasteiger partial charge >= 0.3 is 0 Å². The van der Waals surface area contributed by atoms with E-state index in [-0.39, 0.29) is 22.1 Å². The molecule has 2 atom stereocenters. The molecule has 0 radical (unpaired) electrons. The number of hydrogen-bond donors (Lipinski definition) is 1. The van der Waals surface area contributed by atoms with E-state index in [0.717, 1.165) is 31.2 Å². The number of piperidine rings is 1. The lowest BCUT2D eigenvalue weighted by atomic mass is 9.92. The number of carbonyl (C=O) groups excluding carboxylic acids is 1. The highest BCUT2D eigenvalue weighted by molar-refractivity contribution is 7.91. The first kappa shape index (κ1) is 20.9. The molecule has 146 valence electrons. The molecule has 1 amide bonds. The van der Waals surface area contributed by atoms with Crippen molar-refractivity contribution in [2.75, 3.05) is 31.9 Å². The summed E-state index contributed by atoms with van der Waals surface area (Å²) in [6.07, 6.45) is 3.24. The van der Waals surface area contributed by atoms with Crippen molar-refractivity contribution in [1.82, 2.24) is 10.2 Å². The first-order chi connectivity index (χ1) is 12.3. The van der Waals surface area contributed by atoms with Gasteiger partial charge in [0.1, 0.15) is 0 Å². The van der Waals surface area contributed by atoms with Crippen molar-refractivity contribution in [1.29, 1.82) is 0 Å². The van der Waals surface area contributed by atoms with Gasteiger partial charge in [0, 0.05) is 19.6 Å². The van der Waals surface area contributed by atoms with E-state index in [1.165, 1.54) is 25.6 Å². The molecule has 1 aliphatic rings. The second kappa shape index (κ2) is 9.51. The summed E-state index contributed by atoms with van der Waals surface area (Å²) >= 11 is 0. The van der Waals surface area contributed by atoms with E-state index >= 15 is 0 Å². The van der Waals surface area contributed by atoms with Crippen LogP contribution in [-0.2, 0) is 9.84 Å². The number of amides is 1. The summed E-state index contributed by atoms with van der Waals surface area (Å²) in [4.78, 5) is 15.0. The number of sulfone groups is 1. The van der Waals surface area contributed by atoms with E-state index in [4.69, 9.17) is 0 Å². The first-order valence-corrected chi connectivity index (χ1v) is 11.3. The van der Waals surface area contributed by atoms with Crippen molar-refractivity contribution in [3.8, 4) is 0 Å². The third-order valence-electron chi connectivity index (χ3n) is 4.98. The number of nitrogens with zero attached hydrogens (tertiary/aromatic N) is 1. The van der Waals surface area contributed by atoms with Gasteiger partial charge in [-0.1, -0.05) is 32.9 Å². The zero-order valence-electron chi connectivity index (χ0n) is 16.2. The van der Waals surface area contributed by atoms with Gasteiger partial charge in [-0.15, -0.1) is 0 Å². The molecule has 1 saturated heterocycles. The molecular weight excluding hydrogens is 348 g/mol. The fourth-order valence-electron chi connectivity index (χ4n) is 3.81. The molecule has 0 unspecified atom stereocenters. The largest absolute Gasteiger partial charge is 0.352 e. The molecule has 1 aromatic carbocycles. The summed E-state index contributed by atoms with van der Waals surface area (Å²) < 4.78 is 24.3. The average molecular weight is 381 g/mol. The summed E-state index contributed by atoms with van der Waals surface area (Å²) in [7, 11) is -3.40. The van der Waals surface area contributed by atoms with Gasteiger partial charge < -0.3 is 10.2 Å². The molecule has 1 aromatic rings. The molecule has 1 fully saturated rings. The Morgan fingerprint density at radius 2 is 1.81 bits per heavy atom. The number of benzene rings is 1. The van der Waals surface area contributed by atoms with Crippen LogP contribution in [0.1, 0.15) is 50.4 Å². The van der Waals surface area contributed by atoms with Crippen LogP contribution in [0, 0.1) is 11.8 Å². The molecule has 1 aliphatic heterocycles. The zero-order valence-corrected chi connectivity index (χ0v) is 17.0. The van der Waals surface area contributed by atoms with Crippen molar-refractivity contribution in [2.24, 2.45) is 11.8 Å². The number of carbonyl (C=O) groups is 1. The van der Waals surface area contributed by atoms with Crippen LogP contribution in [-0.4, -0.2) is 51.2 Å². The Morgan fingerprint density at radius 3 is 2.46 bits per heavy atom. The predicted octanol–water partition coefficient (Wildman–Crippen LogP) is 2.97. The quantitative estimate of drug-likeness (QED) is 0.704. The SMILES string of the molecule is CCS(=O)(=O)c1ccccc1C(=O)NCCCCN1C[C@@H](C)C[C@H](C)C1. The highest BCUT2D eigenvalue weighted by atomic mass is 32.2. The molecule has 0 aromatic heterocycles. The lowest BCUT2D eigenvalue weighted by Crippen LogP contribution is -2.39. The van der Waals surface area contributed by atoms with Crippen LogP contribution in [0.4, 0.5) is 0 Å². The minimum Gasteiger partial charge on any atom is -0.352 e. The van der Waals surface area contributed by atoms with E-state index in [1.54, 1.807) is 25.1 Å². The van der Waals surface area contributed by atoms with Crippen LogP contribution < -0.4 is 5.32 Å². The summed E-state index contributed by atoms with van der Waals surface area (Å²) in [5.74, 6) is 1.20. The van der Waals surface area contributed by atoms with Crippen LogP contribution in [0.3, 0.4) is 0 Å². The smallest absolute Gasteiger partial charge is 0.252 e. The minimum absolute atomic E-state index is 0.00995. The van der Waals surface area contributed by atoms with Crippen molar-refractivity contribution >= 4 is 15.7 Å².